The number of benzene rings is 3. The molecule has 1 aromatic heterocycles. The average molecular weight is 522 g/mol. The summed E-state index contributed by atoms with van der Waals surface area (Å²) >= 11 is 5.92. The molecule has 4 rings (SSSR count). The average Bonchev–Trinajstić information content (AvgIpc) is 3.08. The van der Waals surface area contributed by atoms with Crippen LogP contribution >= 0.6 is 11.6 Å². The largest absolute Gasteiger partial charge is 0.573 e. The molecule has 0 fully saturated rings. The van der Waals surface area contributed by atoms with Gasteiger partial charge in [-0.3, -0.25) is 4.79 Å². The van der Waals surface area contributed by atoms with Crippen molar-refractivity contribution in [1.29, 1.82) is 0 Å². The first-order valence-corrected chi connectivity index (χ1v) is 10.7. The van der Waals surface area contributed by atoms with Crippen LogP contribution in [0.1, 0.15) is 21.6 Å². The Balaban J connectivity index is 1.94. The number of rotatable bonds is 7. The fourth-order valence-electron chi connectivity index (χ4n) is 3.84. The molecule has 0 atom stereocenters. The highest BCUT2D eigenvalue weighted by molar-refractivity contribution is 6.30. The third kappa shape index (κ3) is 5.13. The molecule has 186 valence electrons. The fraction of sp³-hybridized carbons (Fsp3) is 0.120. The smallest absolute Gasteiger partial charge is 0.479 e. The number of aliphatic carboxylic acids is 1. The molecule has 6 nitrogen and oxygen atoms in total. The van der Waals surface area contributed by atoms with Crippen LogP contribution < -0.4 is 9.47 Å². The van der Waals surface area contributed by atoms with Gasteiger partial charge < -0.3 is 19.1 Å². The molecule has 1 heterocycles. The standard InChI is InChI=1S/C25H16ClF4NO5/c1-13-23(24(34)14-2-4-15(26)5-3-14)18-8-7-17(36-25(28,29)30)11-20(18)31(13)16-6-9-19(27)21(10-16)35-12-22(32)33/h2-11H,12H2,1H3,(H,32,33). The first kappa shape index (κ1) is 25.1. The van der Waals surface area contributed by atoms with Crippen LogP contribution in [0.25, 0.3) is 16.6 Å². The number of alkyl halides is 3. The fourth-order valence-corrected chi connectivity index (χ4v) is 3.96. The summed E-state index contributed by atoms with van der Waals surface area (Å²) in [5, 5.41) is 9.58. The van der Waals surface area contributed by atoms with Gasteiger partial charge in [-0.05, 0) is 55.5 Å². The lowest BCUT2D eigenvalue weighted by atomic mass is 10.0. The molecule has 11 heteroatoms. The minimum Gasteiger partial charge on any atom is -0.479 e. The second-order valence-electron chi connectivity index (χ2n) is 7.66. The van der Waals surface area contributed by atoms with Crippen molar-refractivity contribution in [3.8, 4) is 17.2 Å². The van der Waals surface area contributed by atoms with Crippen molar-refractivity contribution < 1.29 is 41.7 Å². The van der Waals surface area contributed by atoms with Gasteiger partial charge in [0.15, 0.2) is 24.0 Å². The molecule has 0 saturated carbocycles. The van der Waals surface area contributed by atoms with Crippen molar-refractivity contribution in [2.24, 2.45) is 0 Å². The van der Waals surface area contributed by atoms with E-state index in [1.165, 1.54) is 47.0 Å². The lowest BCUT2D eigenvalue weighted by Crippen LogP contribution is -2.17. The van der Waals surface area contributed by atoms with E-state index in [9.17, 15) is 27.2 Å². The Kier molecular flexibility index (Phi) is 6.64. The zero-order valence-electron chi connectivity index (χ0n) is 18.4. The molecule has 0 saturated heterocycles. The normalized spacial score (nSPS) is 11.5. The summed E-state index contributed by atoms with van der Waals surface area (Å²) in [7, 11) is 0. The Hall–Kier alpha value is -4.05. The Bertz CT molecular complexity index is 1480. The summed E-state index contributed by atoms with van der Waals surface area (Å²) < 4.78 is 63.4. The van der Waals surface area contributed by atoms with E-state index < -0.39 is 36.3 Å². The maximum Gasteiger partial charge on any atom is 0.573 e. The number of ether oxygens (including phenoxy) is 2. The van der Waals surface area contributed by atoms with Gasteiger partial charge in [-0.1, -0.05) is 11.6 Å². The molecule has 0 aliphatic carbocycles. The summed E-state index contributed by atoms with van der Waals surface area (Å²) in [4.78, 5) is 24.3. The van der Waals surface area contributed by atoms with Crippen molar-refractivity contribution in [2.75, 3.05) is 6.61 Å². The monoisotopic (exact) mass is 521 g/mol. The number of carboxylic acid groups (broad SMARTS) is 1. The van der Waals surface area contributed by atoms with Gasteiger partial charge in [0.05, 0.1) is 11.1 Å². The van der Waals surface area contributed by atoms with E-state index in [-0.39, 0.29) is 22.5 Å². The van der Waals surface area contributed by atoms with Crippen molar-refractivity contribution in [3.05, 3.63) is 88.3 Å². The maximum absolute atomic E-state index is 14.3. The quantitative estimate of drug-likeness (QED) is 0.227. The van der Waals surface area contributed by atoms with E-state index in [1.54, 1.807) is 6.92 Å². The van der Waals surface area contributed by atoms with Crippen LogP contribution in [0.3, 0.4) is 0 Å². The van der Waals surface area contributed by atoms with E-state index in [0.717, 1.165) is 18.2 Å². The van der Waals surface area contributed by atoms with Crippen LogP contribution in [-0.4, -0.2) is 34.4 Å². The molecule has 0 radical (unpaired) electrons. The third-order valence-corrected chi connectivity index (χ3v) is 5.52. The van der Waals surface area contributed by atoms with E-state index in [2.05, 4.69) is 4.74 Å². The molecule has 4 aromatic rings. The van der Waals surface area contributed by atoms with Crippen molar-refractivity contribution in [3.63, 3.8) is 0 Å². The highest BCUT2D eigenvalue weighted by Gasteiger charge is 2.32. The highest BCUT2D eigenvalue weighted by Crippen LogP contribution is 2.36. The van der Waals surface area contributed by atoms with Crippen molar-refractivity contribution in [1.82, 2.24) is 4.57 Å². The number of carbonyl (C=O) groups excluding carboxylic acids is 1. The number of carboxylic acids is 1. The predicted octanol–water partition coefficient (Wildman–Crippen LogP) is 6.32. The summed E-state index contributed by atoms with van der Waals surface area (Å²) in [5.74, 6) is -3.49. The Morgan fingerprint density at radius 3 is 2.36 bits per heavy atom. The Labute approximate surface area is 206 Å². The molecule has 3 aromatic carbocycles. The van der Waals surface area contributed by atoms with Gasteiger partial charge in [0, 0.05) is 39.5 Å². The highest BCUT2D eigenvalue weighted by atomic mass is 35.5. The lowest BCUT2D eigenvalue weighted by molar-refractivity contribution is -0.274. The van der Waals surface area contributed by atoms with Gasteiger partial charge in [0.25, 0.3) is 0 Å². The predicted molar refractivity (Wildman–Crippen MR) is 123 cm³/mol. The number of hydrogen-bond donors (Lipinski definition) is 1. The summed E-state index contributed by atoms with van der Waals surface area (Å²) in [5.41, 5.74) is 1.22. The van der Waals surface area contributed by atoms with Gasteiger partial charge in [-0.25, -0.2) is 9.18 Å². The SMILES string of the molecule is Cc1c(C(=O)c2ccc(Cl)cc2)c2ccc(OC(F)(F)F)cc2n1-c1ccc(F)c(OCC(=O)O)c1. The molecule has 0 aliphatic rings. The molecule has 36 heavy (non-hydrogen) atoms. The topological polar surface area (TPSA) is 77.8 Å². The van der Waals surface area contributed by atoms with Crippen LogP contribution in [0.4, 0.5) is 17.6 Å². The van der Waals surface area contributed by atoms with Crippen molar-refractivity contribution in [2.45, 2.75) is 13.3 Å². The molecular weight excluding hydrogens is 506 g/mol. The molecule has 0 unspecified atom stereocenters. The number of fused-ring (bicyclic) bond motifs is 1. The third-order valence-electron chi connectivity index (χ3n) is 5.27. The first-order valence-electron chi connectivity index (χ1n) is 10.3. The molecule has 0 bridgehead atoms. The molecule has 0 spiro atoms. The van der Waals surface area contributed by atoms with E-state index in [1.807, 2.05) is 0 Å². The molecular formula is C25H16ClF4NO5. The number of nitrogens with zero attached hydrogens (tertiary/aromatic N) is 1. The molecule has 0 amide bonds. The summed E-state index contributed by atoms with van der Waals surface area (Å²) in [6.07, 6.45) is -4.95. The summed E-state index contributed by atoms with van der Waals surface area (Å²) in [6.45, 7) is 0.768. The molecule has 0 aliphatic heterocycles. The number of ketones is 1. The number of halogens is 5. The minimum absolute atomic E-state index is 0.169. The van der Waals surface area contributed by atoms with Crippen LogP contribution in [0, 0.1) is 12.7 Å². The van der Waals surface area contributed by atoms with E-state index in [0.29, 0.717) is 21.7 Å². The first-order chi connectivity index (χ1) is 16.9. The summed E-state index contributed by atoms with van der Waals surface area (Å²) in [6, 6.07) is 13.2. The molecule has 1 N–H and O–H groups in total. The minimum atomic E-state index is -4.95. The maximum atomic E-state index is 14.3. The Morgan fingerprint density at radius 2 is 1.72 bits per heavy atom. The van der Waals surface area contributed by atoms with E-state index in [4.69, 9.17) is 21.4 Å². The number of hydrogen-bond acceptors (Lipinski definition) is 4. The van der Waals surface area contributed by atoms with Crippen LogP contribution in [0.5, 0.6) is 11.5 Å². The second-order valence-corrected chi connectivity index (χ2v) is 8.09. The van der Waals surface area contributed by atoms with Crippen LogP contribution in [0.2, 0.25) is 5.02 Å². The van der Waals surface area contributed by atoms with Crippen LogP contribution in [-0.2, 0) is 4.79 Å². The Morgan fingerprint density at radius 1 is 1.03 bits per heavy atom. The van der Waals surface area contributed by atoms with Gasteiger partial charge in [0.1, 0.15) is 5.75 Å². The van der Waals surface area contributed by atoms with Crippen LogP contribution in [0.15, 0.2) is 60.7 Å². The van der Waals surface area contributed by atoms with Gasteiger partial charge in [-0.15, -0.1) is 13.2 Å². The second kappa shape index (κ2) is 9.54. The zero-order valence-corrected chi connectivity index (χ0v) is 19.2. The van der Waals surface area contributed by atoms with Gasteiger partial charge >= 0.3 is 12.3 Å². The van der Waals surface area contributed by atoms with Gasteiger partial charge in [-0.2, -0.15) is 0 Å². The van der Waals surface area contributed by atoms with Crippen molar-refractivity contribution >= 4 is 34.3 Å². The number of carbonyl (C=O) groups is 2. The number of aromatic nitrogens is 1. The van der Waals surface area contributed by atoms with Gasteiger partial charge in [0.2, 0.25) is 0 Å². The zero-order chi connectivity index (χ0) is 26.2. The lowest BCUT2D eigenvalue weighted by Gasteiger charge is -2.13. The van der Waals surface area contributed by atoms with E-state index >= 15 is 0 Å².